The summed E-state index contributed by atoms with van der Waals surface area (Å²) in [6, 6.07) is 3.48. The minimum Gasteiger partial charge on any atom is -0.294 e. The van der Waals surface area contributed by atoms with Gasteiger partial charge in [-0.3, -0.25) is 14.5 Å². The molecule has 3 rings (SSSR count). The zero-order valence-corrected chi connectivity index (χ0v) is 11.2. The predicted octanol–water partition coefficient (Wildman–Crippen LogP) is 1.32. The molecule has 1 amide bonds. The number of hydrogen-bond acceptors (Lipinski definition) is 5. The van der Waals surface area contributed by atoms with Gasteiger partial charge in [-0.1, -0.05) is 23.6 Å². The monoisotopic (exact) mass is 291 g/mol. The number of carbonyl (C=O) groups excluding carboxylic acids is 1. The third-order valence-electron chi connectivity index (χ3n) is 2.78. The fourth-order valence-corrected chi connectivity index (χ4v) is 2.09. The molecule has 0 atom stereocenters. The minimum absolute atomic E-state index is 0.106. The van der Waals surface area contributed by atoms with Crippen LogP contribution in [0.15, 0.2) is 18.3 Å². The summed E-state index contributed by atoms with van der Waals surface area (Å²) in [4.78, 5) is 16.7. The summed E-state index contributed by atoms with van der Waals surface area (Å²) < 4.78 is 1.65. The van der Waals surface area contributed by atoms with E-state index in [9.17, 15) is 4.79 Å². The van der Waals surface area contributed by atoms with Crippen molar-refractivity contribution in [1.29, 1.82) is 0 Å². The van der Waals surface area contributed by atoms with Gasteiger partial charge in [0.05, 0.1) is 10.7 Å². The molecule has 0 aliphatic carbocycles. The van der Waals surface area contributed by atoms with Crippen LogP contribution in [-0.4, -0.2) is 35.9 Å². The van der Waals surface area contributed by atoms with Crippen molar-refractivity contribution in [3.05, 3.63) is 34.7 Å². The lowest BCUT2D eigenvalue weighted by Crippen LogP contribution is -2.17. The highest BCUT2D eigenvalue weighted by molar-refractivity contribution is 6.30. The number of aryl methyl sites for hydroxylation is 1. The average molecular weight is 292 g/mol. The molecule has 9 heteroatoms. The summed E-state index contributed by atoms with van der Waals surface area (Å²) in [7, 11) is 0. The van der Waals surface area contributed by atoms with Crippen LogP contribution in [0.25, 0.3) is 5.65 Å². The van der Waals surface area contributed by atoms with E-state index in [0.717, 1.165) is 0 Å². The molecule has 0 radical (unpaired) electrons. The number of tetrazole rings is 1. The van der Waals surface area contributed by atoms with E-state index < -0.39 is 0 Å². The van der Waals surface area contributed by atoms with E-state index >= 15 is 0 Å². The van der Waals surface area contributed by atoms with Crippen molar-refractivity contribution in [3.8, 4) is 0 Å². The molecule has 0 aliphatic rings. The zero-order valence-electron chi connectivity index (χ0n) is 10.5. The molecule has 0 aliphatic heterocycles. The second-order valence-corrected chi connectivity index (χ2v) is 4.46. The van der Waals surface area contributed by atoms with E-state index in [-0.39, 0.29) is 11.9 Å². The van der Waals surface area contributed by atoms with Gasteiger partial charge in [0.15, 0.2) is 0 Å². The number of hydrogen-bond donors (Lipinski definition) is 2. The summed E-state index contributed by atoms with van der Waals surface area (Å²) in [6.07, 6.45) is 2.27. The number of nitrogens with one attached hydrogen (secondary N) is 2. The van der Waals surface area contributed by atoms with Crippen molar-refractivity contribution in [3.63, 3.8) is 0 Å². The zero-order chi connectivity index (χ0) is 14.1. The number of H-pyrrole nitrogens is 1. The minimum atomic E-state index is -0.363. The predicted molar refractivity (Wildman–Crippen MR) is 71.7 cm³/mol. The molecule has 0 fully saturated rings. The van der Waals surface area contributed by atoms with Crippen LogP contribution in [0.1, 0.15) is 23.1 Å². The number of carbonyl (C=O) groups is 1. The molecule has 102 valence electrons. The smallest absolute Gasteiger partial charge is 0.277 e. The van der Waals surface area contributed by atoms with Crippen molar-refractivity contribution in [1.82, 2.24) is 30.0 Å². The van der Waals surface area contributed by atoms with E-state index in [1.165, 1.54) is 0 Å². The maximum absolute atomic E-state index is 12.3. The first-order valence-electron chi connectivity index (χ1n) is 5.90. The van der Waals surface area contributed by atoms with Crippen molar-refractivity contribution >= 4 is 29.1 Å². The number of rotatable bonds is 3. The molecule has 0 bridgehead atoms. The van der Waals surface area contributed by atoms with Crippen molar-refractivity contribution in [2.45, 2.75) is 13.3 Å². The Kier molecular flexibility index (Phi) is 3.07. The Morgan fingerprint density at radius 3 is 3.05 bits per heavy atom. The van der Waals surface area contributed by atoms with E-state index in [0.29, 0.717) is 28.5 Å². The fourth-order valence-electron chi connectivity index (χ4n) is 1.93. The van der Waals surface area contributed by atoms with Crippen LogP contribution in [0.3, 0.4) is 0 Å². The Labute approximate surface area is 118 Å². The molecule has 8 nitrogen and oxygen atoms in total. The average Bonchev–Trinajstić information content (AvgIpc) is 3.04. The third kappa shape index (κ3) is 2.10. The number of amides is 1. The Balaban J connectivity index is 2.08. The summed E-state index contributed by atoms with van der Waals surface area (Å²) in [5.41, 5.74) is 1.74. The number of pyridine rings is 1. The Hall–Kier alpha value is -2.48. The van der Waals surface area contributed by atoms with Gasteiger partial charge in [0.2, 0.25) is 0 Å². The van der Waals surface area contributed by atoms with Crippen molar-refractivity contribution in [2.24, 2.45) is 0 Å². The number of nitrogens with zero attached hydrogens (tertiary/aromatic N) is 5. The van der Waals surface area contributed by atoms with Crippen LogP contribution in [0.5, 0.6) is 0 Å². The highest BCUT2D eigenvalue weighted by Gasteiger charge is 2.19. The molecule has 3 heterocycles. The molecule has 20 heavy (non-hydrogen) atoms. The van der Waals surface area contributed by atoms with Gasteiger partial charge in [-0.05, 0) is 23.8 Å². The summed E-state index contributed by atoms with van der Waals surface area (Å²) >= 11 is 5.97. The van der Waals surface area contributed by atoms with Crippen molar-refractivity contribution in [2.75, 3.05) is 5.32 Å². The number of aromatic nitrogens is 6. The first kappa shape index (κ1) is 12.5. The summed E-state index contributed by atoms with van der Waals surface area (Å²) in [5.74, 6) is -0.257. The second kappa shape index (κ2) is 4.89. The van der Waals surface area contributed by atoms with Gasteiger partial charge in [-0.2, -0.15) is 5.21 Å². The molecule has 2 N–H and O–H groups in total. The second-order valence-electron chi connectivity index (χ2n) is 4.03. The van der Waals surface area contributed by atoms with Crippen LogP contribution in [0, 0.1) is 0 Å². The van der Waals surface area contributed by atoms with Gasteiger partial charge >= 0.3 is 0 Å². The largest absolute Gasteiger partial charge is 0.294 e. The molecule has 0 spiro atoms. The number of anilines is 1. The molecule has 0 saturated heterocycles. The molecule has 3 aromatic heterocycles. The van der Waals surface area contributed by atoms with Crippen molar-refractivity contribution < 1.29 is 4.79 Å². The number of fused-ring (bicyclic) bond motifs is 1. The van der Waals surface area contributed by atoms with E-state index in [1.54, 1.807) is 22.7 Å². The van der Waals surface area contributed by atoms with Gasteiger partial charge in [-0.15, -0.1) is 5.10 Å². The van der Waals surface area contributed by atoms with E-state index in [4.69, 9.17) is 11.6 Å². The maximum atomic E-state index is 12.3. The Bertz CT molecular complexity index is 765. The van der Waals surface area contributed by atoms with Gasteiger partial charge in [0, 0.05) is 6.20 Å². The Morgan fingerprint density at radius 2 is 2.35 bits per heavy atom. The fraction of sp³-hybridized carbons (Fsp3) is 0.182. The standard InChI is InChI=1S/C11H10ClN7O/c1-2-7-9(10(20)14-11-15-17-18-16-11)19-5-6(12)3-4-8(19)13-7/h3-5H,2H2,1H3,(H2,14,15,16,17,18,20). The lowest BCUT2D eigenvalue weighted by Gasteiger charge is -2.03. The van der Waals surface area contributed by atoms with E-state index in [2.05, 4.69) is 30.9 Å². The lowest BCUT2D eigenvalue weighted by molar-refractivity contribution is 0.101. The molecular formula is C11H10ClN7O. The first-order chi connectivity index (χ1) is 9.69. The molecule has 0 unspecified atom stereocenters. The molecule has 0 aromatic carbocycles. The van der Waals surface area contributed by atoms with E-state index in [1.807, 2.05) is 6.92 Å². The maximum Gasteiger partial charge on any atom is 0.277 e. The van der Waals surface area contributed by atoms with Gasteiger partial charge in [0.25, 0.3) is 11.9 Å². The molecular weight excluding hydrogens is 282 g/mol. The topological polar surface area (TPSA) is 101 Å². The molecule has 0 saturated carbocycles. The van der Waals surface area contributed by atoms with Crippen LogP contribution in [0.2, 0.25) is 5.02 Å². The van der Waals surface area contributed by atoms with Crippen LogP contribution >= 0.6 is 11.6 Å². The number of aromatic amines is 1. The number of imidazole rings is 1. The SMILES string of the molecule is CCc1nc2ccc(Cl)cn2c1C(=O)Nc1nn[nH]n1. The highest BCUT2D eigenvalue weighted by Crippen LogP contribution is 2.18. The Morgan fingerprint density at radius 1 is 1.50 bits per heavy atom. The number of halogens is 1. The van der Waals surface area contributed by atoms with Gasteiger partial charge in [0.1, 0.15) is 11.3 Å². The highest BCUT2D eigenvalue weighted by atomic mass is 35.5. The lowest BCUT2D eigenvalue weighted by atomic mass is 10.2. The quantitative estimate of drug-likeness (QED) is 0.758. The van der Waals surface area contributed by atoms with Crippen LogP contribution in [0.4, 0.5) is 5.95 Å². The van der Waals surface area contributed by atoms with Crippen LogP contribution in [-0.2, 0) is 6.42 Å². The van der Waals surface area contributed by atoms with Gasteiger partial charge in [-0.25, -0.2) is 4.98 Å². The van der Waals surface area contributed by atoms with Crippen LogP contribution < -0.4 is 5.32 Å². The third-order valence-corrected chi connectivity index (χ3v) is 3.00. The van der Waals surface area contributed by atoms with Gasteiger partial charge < -0.3 is 0 Å². The summed E-state index contributed by atoms with van der Waals surface area (Å²) in [6.45, 7) is 1.93. The first-order valence-corrected chi connectivity index (χ1v) is 6.28. The summed E-state index contributed by atoms with van der Waals surface area (Å²) in [5, 5.41) is 16.1. The molecule has 3 aromatic rings. The normalized spacial score (nSPS) is 10.9.